The van der Waals surface area contributed by atoms with Gasteiger partial charge >= 0.3 is 5.97 Å². The maximum atomic E-state index is 11.9. The highest BCUT2D eigenvalue weighted by Crippen LogP contribution is 2.09. The lowest BCUT2D eigenvalue weighted by Gasteiger charge is -2.21. The van der Waals surface area contributed by atoms with Gasteiger partial charge in [0.1, 0.15) is 6.04 Å². The molecule has 1 aromatic carbocycles. The number of aryl methyl sites for hydroxylation is 1. The van der Waals surface area contributed by atoms with E-state index in [1.165, 1.54) is 18.9 Å². The third-order valence-electron chi connectivity index (χ3n) is 2.52. The van der Waals surface area contributed by atoms with E-state index in [2.05, 4.69) is 0 Å². The van der Waals surface area contributed by atoms with Crippen LogP contribution in [-0.4, -0.2) is 35.0 Å². The van der Waals surface area contributed by atoms with Crippen LogP contribution in [0.25, 0.3) is 0 Å². The van der Waals surface area contributed by atoms with Crippen molar-refractivity contribution in [1.29, 1.82) is 0 Å². The van der Waals surface area contributed by atoms with Crippen LogP contribution in [0.15, 0.2) is 24.3 Å². The molecule has 1 N–H and O–H groups in total. The summed E-state index contributed by atoms with van der Waals surface area (Å²) in [6, 6.07) is 6.26. The Bertz CT molecular complexity index is 414. The Hall–Kier alpha value is -1.84. The van der Waals surface area contributed by atoms with Gasteiger partial charge < -0.3 is 10.0 Å². The van der Waals surface area contributed by atoms with Crippen LogP contribution in [0.1, 0.15) is 22.8 Å². The second kappa shape index (κ2) is 4.79. The summed E-state index contributed by atoms with van der Waals surface area (Å²) in [5.41, 5.74) is 1.48. The van der Waals surface area contributed by atoms with E-state index in [4.69, 9.17) is 5.11 Å². The molecule has 1 rings (SSSR count). The molecule has 4 heteroatoms. The molecule has 1 atom stereocenters. The minimum Gasteiger partial charge on any atom is -0.480 e. The topological polar surface area (TPSA) is 57.6 Å². The number of likely N-dealkylation sites (N-methyl/N-ethyl adjacent to an activating group) is 1. The average Bonchev–Trinajstić information content (AvgIpc) is 2.26. The predicted octanol–water partition coefficient (Wildman–Crippen LogP) is 1.54. The molecule has 0 saturated carbocycles. The van der Waals surface area contributed by atoms with Crippen molar-refractivity contribution < 1.29 is 14.7 Å². The van der Waals surface area contributed by atoms with Crippen LogP contribution in [0.4, 0.5) is 0 Å². The van der Waals surface area contributed by atoms with E-state index in [9.17, 15) is 9.59 Å². The first-order chi connectivity index (χ1) is 7.43. The molecular formula is C12H15NO3. The maximum absolute atomic E-state index is 11.9. The second-order valence-corrected chi connectivity index (χ2v) is 3.80. The zero-order valence-corrected chi connectivity index (χ0v) is 9.60. The Morgan fingerprint density at radius 2 is 2.00 bits per heavy atom. The number of amides is 1. The molecule has 0 aliphatic carbocycles. The number of benzene rings is 1. The van der Waals surface area contributed by atoms with Crippen LogP contribution in [-0.2, 0) is 4.79 Å². The summed E-state index contributed by atoms with van der Waals surface area (Å²) in [6.07, 6.45) is 0. The zero-order valence-electron chi connectivity index (χ0n) is 9.60. The Morgan fingerprint density at radius 3 is 2.50 bits per heavy atom. The Labute approximate surface area is 94.5 Å². The molecule has 1 aromatic rings. The normalized spacial score (nSPS) is 11.9. The van der Waals surface area contributed by atoms with Crippen LogP contribution >= 0.6 is 0 Å². The van der Waals surface area contributed by atoms with Crippen molar-refractivity contribution in [1.82, 2.24) is 4.90 Å². The number of carbonyl (C=O) groups is 2. The number of nitrogens with zero attached hydrogens (tertiary/aromatic N) is 1. The average molecular weight is 221 g/mol. The van der Waals surface area contributed by atoms with Crippen LogP contribution in [0.5, 0.6) is 0 Å². The van der Waals surface area contributed by atoms with Gasteiger partial charge in [0.25, 0.3) is 5.91 Å². The summed E-state index contributed by atoms with van der Waals surface area (Å²) >= 11 is 0. The highest BCUT2D eigenvalue weighted by Gasteiger charge is 2.22. The van der Waals surface area contributed by atoms with Gasteiger partial charge in [0.2, 0.25) is 0 Å². The summed E-state index contributed by atoms with van der Waals surface area (Å²) in [5, 5.41) is 8.81. The first-order valence-electron chi connectivity index (χ1n) is 5.00. The molecule has 0 spiro atoms. The molecule has 86 valence electrons. The molecule has 1 amide bonds. The highest BCUT2D eigenvalue weighted by molar-refractivity contribution is 5.96. The monoisotopic (exact) mass is 221 g/mol. The molecule has 0 radical (unpaired) electrons. The van der Waals surface area contributed by atoms with Crippen LogP contribution in [0, 0.1) is 6.92 Å². The van der Waals surface area contributed by atoms with Crippen molar-refractivity contribution in [3.05, 3.63) is 35.4 Å². The third kappa shape index (κ3) is 2.59. The smallest absolute Gasteiger partial charge is 0.326 e. The number of carbonyl (C=O) groups excluding carboxylic acids is 1. The van der Waals surface area contributed by atoms with Gasteiger partial charge in [-0.1, -0.05) is 17.7 Å². The SMILES string of the molecule is Cc1cccc(C(=O)N(C)C(C)C(=O)O)c1. The molecule has 0 aliphatic rings. The number of carboxylic acids is 1. The maximum Gasteiger partial charge on any atom is 0.326 e. The van der Waals surface area contributed by atoms with Crippen molar-refractivity contribution in [3.8, 4) is 0 Å². The van der Waals surface area contributed by atoms with E-state index < -0.39 is 12.0 Å². The van der Waals surface area contributed by atoms with Crippen molar-refractivity contribution in [3.63, 3.8) is 0 Å². The van der Waals surface area contributed by atoms with Crippen molar-refractivity contribution >= 4 is 11.9 Å². The standard InChI is InChI=1S/C12H15NO3/c1-8-5-4-6-10(7-8)11(14)13(3)9(2)12(15)16/h4-7,9H,1-3H3,(H,15,16). The lowest BCUT2D eigenvalue weighted by molar-refractivity contribution is -0.141. The molecule has 0 aliphatic heterocycles. The van der Waals surface area contributed by atoms with Crippen LogP contribution in [0.3, 0.4) is 0 Å². The summed E-state index contributed by atoms with van der Waals surface area (Å²) in [7, 11) is 1.49. The van der Waals surface area contributed by atoms with E-state index in [0.717, 1.165) is 5.56 Å². The molecule has 0 saturated heterocycles. The largest absolute Gasteiger partial charge is 0.480 e. The third-order valence-corrected chi connectivity index (χ3v) is 2.52. The van der Waals surface area contributed by atoms with E-state index in [1.807, 2.05) is 13.0 Å². The highest BCUT2D eigenvalue weighted by atomic mass is 16.4. The number of hydrogen-bond donors (Lipinski definition) is 1. The number of aliphatic carboxylic acids is 1. The first-order valence-corrected chi connectivity index (χ1v) is 5.00. The van der Waals surface area contributed by atoms with Crippen LogP contribution < -0.4 is 0 Å². The van der Waals surface area contributed by atoms with Crippen LogP contribution in [0.2, 0.25) is 0 Å². The van der Waals surface area contributed by atoms with Gasteiger partial charge in [-0.2, -0.15) is 0 Å². The molecule has 0 heterocycles. The van der Waals surface area contributed by atoms with Crippen molar-refractivity contribution in [2.24, 2.45) is 0 Å². The fourth-order valence-electron chi connectivity index (χ4n) is 1.32. The predicted molar refractivity (Wildman–Crippen MR) is 60.4 cm³/mol. The van der Waals surface area contributed by atoms with Gasteiger partial charge in [-0.25, -0.2) is 4.79 Å². The summed E-state index contributed by atoms with van der Waals surface area (Å²) in [6.45, 7) is 3.37. The molecule has 0 bridgehead atoms. The lowest BCUT2D eigenvalue weighted by atomic mass is 10.1. The Balaban J connectivity index is 2.90. The van der Waals surface area contributed by atoms with Crippen molar-refractivity contribution in [2.45, 2.75) is 19.9 Å². The minimum atomic E-state index is -1.01. The van der Waals surface area contributed by atoms with Gasteiger partial charge in [0, 0.05) is 12.6 Å². The Morgan fingerprint density at radius 1 is 1.38 bits per heavy atom. The number of carboxylic acid groups (broad SMARTS) is 1. The van der Waals surface area contributed by atoms with E-state index >= 15 is 0 Å². The summed E-state index contributed by atoms with van der Waals surface area (Å²) in [4.78, 5) is 23.9. The van der Waals surface area contributed by atoms with E-state index in [1.54, 1.807) is 18.2 Å². The number of hydrogen-bond acceptors (Lipinski definition) is 2. The first kappa shape index (κ1) is 12.2. The van der Waals surface area contributed by atoms with Gasteiger partial charge in [-0.15, -0.1) is 0 Å². The molecular weight excluding hydrogens is 206 g/mol. The summed E-state index contributed by atoms with van der Waals surface area (Å²) in [5.74, 6) is -1.29. The quantitative estimate of drug-likeness (QED) is 0.842. The van der Waals surface area contributed by atoms with Gasteiger partial charge in [-0.05, 0) is 26.0 Å². The fraction of sp³-hybridized carbons (Fsp3) is 0.333. The fourth-order valence-corrected chi connectivity index (χ4v) is 1.32. The zero-order chi connectivity index (χ0) is 12.3. The molecule has 16 heavy (non-hydrogen) atoms. The van der Waals surface area contributed by atoms with E-state index in [0.29, 0.717) is 5.56 Å². The Kier molecular flexibility index (Phi) is 3.66. The molecule has 4 nitrogen and oxygen atoms in total. The van der Waals surface area contributed by atoms with Gasteiger partial charge in [0.15, 0.2) is 0 Å². The van der Waals surface area contributed by atoms with Crippen molar-refractivity contribution in [2.75, 3.05) is 7.05 Å². The summed E-state index contributed by atoms with van der Waals surface area (Å²) < 4.78 is 0. The van der Waals surface area contributed by atoms with Gasteiger partial charge in [0.05, 0.1) is 0 Å². The number of rotatable bonds is 3. The van der Waals surface area contributed by atoms with Gasteiger partial charge in [-0.3, -0.25) is 4.79 Å². The molecule has 0 fully saturated rings. The van der Waals surface area contributed by atoms with E-state index in [-0.39, 0.29) is 5.91 Å². The lowest BCUT2D eigenvalue weighted by Crippen LogP contribution is -2.40. The second-order valence-electron chi connectivity index (χ2n) is 3.80. The minimum absolute atomic E-state index is 0.279. The molecule has 0 aromatic heterocycles. The molecule has 1 unspecified atom stereocenters.